The van der Waals surface area contributed by atoms with E-state index < -0.39 is 0 Å². The zero-order chi connectivity index (χ0) is 19.0. The number of fused-ring (bicyclic) bond motifs is 1. The molecule has 4 aromatic rings. The van der Waals surface area contributed by atoms with Crippen LogP contribution in [0.25, 0.3) is 22.3 Å². The van der Waals surface area contributed by atoms with Gasteiger partial charge in [0.25, 0.3) is 0 Å². The first-order valence-corrected chi connectivity index (χ1v) is 8.88. The third-order valence-corrected chi connectivity index (χ3v) is 4.93. The number of hydrogen-bond donors (Lipinski definition) is 2. The van der Waals surface area contributed by atoms with E-state index in [0.29, 0.717) is 12.4 Å². The monoisotopic (exact) mass is 358 g/mol. The average molecular weight is 358 g/mol. The average Bonchev–Trinajstić information content (AvgIpc) is 2.98. The minimum absolute atomic E-state index is 0.251. The molecule has 6 heteroatoms. The van der Waals surface area contributed by atoms with Crippen LogP contribution in [0, 0.1) is 13.8 Å². The first-order valence-electron chi connectivity index (χ1n) is 8.88. The Labute approximate surface area is 158 Å². The summed E-state index contributed by atoms with van der Waals surface area (Å²) in [5.74, 6) is 1.87. The van der Waals surface area contributed by atoms with Crippen molar-refractivity contribution in [3.05, 3.63) is 65.5 Å². The summed E-state index contributed by atoms with van der Waals surface area (Å²) in [6, 6.07) is 16.2. The number of rotatable bonds is 4. The number of nitrogens with two attached hydrogens (primary N) is 1. The Morgan fingerprint density at radius 3 is 2.63 bits per heavy atom. The van der Waals surface area contributed by atoms with Crippen LogP contribution in [0.1, 0.15) is 17.0 Å². The molecule has 0 aliphatic heterocycles. The molecule has 0 amide bonds. The van der Waals surface area contributed by atoms with E-state index in [0.717, 1.165) is 28.1 Å². The molecule has 3 N–H and O–H groups in total. The minimum Gasteiger partial charge on any atom is -0.368 e. The predicted molar refractivity (Wildman–Crippen MR) is 109 cm³/mol. The second kappa shape index (κ2) is 6.72. The van der Waals surface area contributed by atoms with Crippen LogP contribution in [0.4, 0.5) is 11.8 Å². The summed E-state index contributed by atoms with van der Waals surface area (Å²) in [7, 11) is 2.02. The highest BCUT2D eigenvalue weighted by atomic mass is 15.1. The molecule has 0 fully saturated rings. The smallest absolute Gasteiger partial charge is 0.222 e. The van der Waals surface area contributed by atoms with Gasteiger partial charge in [0.05, 0.1) is 23.3 Å². The number of aromatic nitrogens is 4. The second-order valence-electron chi connectivity index (χ2n) is 6.67. The van der Waals surface area contributed by atoms with Crippen LogP contribution < -0.4 is 11.1 Å². The summed E-state index contributed by atoms with van der Waals surface area (Å²) in [5.41, 5.74) is 12.3. The lowest BCUT2D eigenvalue weighted by Gasteiger charge is -2.11. The number of anilines is 2. The number of para-hydroxylation sites is 2. The fourth-order valence-electron chi connectivity index (χ4n) is 3.25. The van der Waals surface area contributed by atoms with Gasteiger partial charge in [-0.05, 0) is 37.1 Å². The van der Waals surface area contributed by atoms with Crippen molar-refractivity contribution in [1.29, 1.82) is 0 Å². The quantitative estimate of drug-likeness (QED) is 0.579. The van der Waals surface area contributed by atoms with Gasteiger partial charge < -0.3 is 15.6 Å². The molecule has 6 nitrogen and oxygen atoms in total. The molecule has 2 heterocycles. The van der Waals surface area contributed by atoms with Gasteiger partial charge in [-0.25, -0.2) is 9.97 Å². The molecule has 136 valence electrons. The molecule has 0 aliphatic carbocycles. The number of imidazole rings is 1. The van der Waals surface area contributed by atoms with Crippen molar-refractivity contribution in [2.45, 2.75) is 20.4 Å². The van der Waals surface area contributed by atoms with Gasteiger partial charge in [-0.15, -0.1) is 0 Å². The fraction of sp³-hybridized carbons (Fsp3) is 0.190. The van der Waals surface area contributed by atoms with Crippen molar-refractivity contribution in [3.63, 3.8) is 0 Å². The topological polar surface area (TPSA) is 81.7 Å². The van der Waals surface area contributed by atoms with Crippen LogP contribution in [-0.4, -0.2) is 19.5 Å². The highest BCUT2D eigenvalue weighted by Gasteiger charge is 2.11. The highest BCUT2D eigenvalue weighted by Crippen LogP contribution is 2.26. The summed E-state index contributed by atoms with van der Waals surface area (Å²) in [4.78, 5) is 13.4. The van der Waals surface area contributed by atoms with Crippen LogP contribution in [0.5, 0.6) is 0 Å². The third-order valence-electron chi connectivity index (χ3n) is 4.93. The summed E-state index contributed by atoms with van der Waals surface area (Å²) < 4.78 is 2.08. The largest absolute Gasteiger partial charge is 0.368 e. The van der Waals surface area contributed by atoms with E-state index in [4.69, 9.17) is 5.73 Å². The van der Waals surface area contributed by atoms with Crippen LogP contribution in [0.2, 0.25) is 0 Å². The van der Waals surface area contributed by atoms with Crippen LogP contribution in [-0.2, 0) is 13.6 Å². The molecule has 0 aliphatic rings. The minimum atomic E-state index is 0.251. The number of aryl methyl sites for hydroxylation is 2. The molecule has 0 saturated carbocycles. The number of nitrogen functional groups attached to an aromatic ring is 1. The molecule has 2 aromatic carbocycles. The van der Waals surface area contributed by atoms with Gasteiger partial charge in [-0.1, -0.05) is 30.3 Å². The molecule has 0 spiro atoms. The molecule has 0 bridgehead atoms. The van der Waals surface area contributed by atoms with E-state index >= 15 is 0 Å². The Hall–Kier alpha value is -3.41. The van der Waals surface area contributed by atoms with E-state index in [1.807, 2.05) is 37.4 Å². The van der Waals surface area contributed by atoms with Crippen LogP contribution >= 0.6 is 0 Å². The molecule has 27 heavy (non-hydrogen) atoms. The molecule has 0 saturated heterocycles. The number of benzene rings is 2. The maximum Gasteiger partial charge on any atom is 0.222 e. The van der Waals surface area contributed by atoms with E-state index in [1.165, 1.54) is 11.1 Å². The van der Waals surface area contributed by atoms with Gasteiger partial charge in [-0.2, -0.15) is 4.98 Å². The van der Waals surface area contributed by atoms with Crippen molar-refractivity contribution >= 4 is 22.8 Å². The standard InChI is InChI=1S/C21H22N6/c1-13-7-6-8-15(14(13)2)17-11-19(26-21(22)25-17)23-12-20-24-16-9-4-5-10-18(16)27(20)3/h4-11H,12H2,1-3H3,(H3,22,23,25,26). The lowest BCUT2D eigenvalue weighted by molar-refractivity contribution is 0.832. The maximum absolute atomic E-state index is 5.96. The van der Waals surface area contributed by atoms with E-state index in [2.05, 4.69) is 56.9 Å². The normalized spacial score (nSPS) is 11.1. The third kappa shape index (κ3) is 3.21. The summed E-state index contributed by atoms with van der Waals surface area (Å²) in [6.45, 7) is 4.73. The zero-order valence-corrected chi connectivity index (χ0v) is 15.7. The molecular formula is C21H22N6. The fourth-order valence-corrected chi connectivity index (χ4v) is 3.25. The van der Waals surface area contributed by atoms with Crippen molar-refractivity contribution in [2.24, 2.45) is 7.05 Å². The molecule has 0 unspecified atom stereocenters. The van der Waals surface area contributed by atoms with Crippen molar-refractivity contribution < 1.29 is 0 Å². The molecule has 0 radical (unpaired) electrons. The maximum atomic E-state index is 5.96. The first-order chi connectivity index (χ1) is 13.0. The van der Waals surface area contributed by atoms with Gasteiger partial charge in [0.2, 0.25) is 5.95 Å². The van der Waals surface area contributed by atoms with E-state index in [1.54, 1.807) is 0 Å². The number of hydrogen-bond acceptors (Lipinski definition) is 5. The highest BCUT2D eigenvalue weighted by molar-refractivity contribution is 5.76. The Kier molecular flexibility index (Phi) is 4.24. The van der Waals surface area contributed by atoms with Gasteiger partial charge in [0.1, 0.15) is 11.6 Å². The molecule has 0 atom stereocenters. The van der Waals surface area contributed by atoms with Crippen molar-refractivity contribution in [2.75, 3.05) is 11.1 Å². The summed E-state index contributed by atoms with van der Waals surface area (Å²) >= 11 is 0. The van der Waals surface area contributed by atoms with Crippen LogP contribution in [0.3, 0.4) is 0 Å². The van der Waals surface area contributed by atoms with Gasteiger partial charge in [0.15, 0.2) is 0 Å². The summed E-state index contributed by atoms with van der Waals surface area (Å²) in [5, 5.41) is 3.33. The Bertz CT molecular complexity index is 1130. The second-order valence-corrected chi connectivity index (χ2v) is 6.67. The molecule has 2 aromatic heterocycles. The van der Waals surface area contributed by atoms with Crippen molar-refractivity contribution in [1.82, 2.24) is 19.5 Å². The van der Waals surface area contributed by atoms with Gasteiger partial charge in [0, 0.05) is 18.7 Å². The van der Waals surface area contributed by atoms with Gasteiger partial charge in [-0.3, -0.25) is 0 Å². The Morgan fingerprint density at radius 1 is 1.00 bits per heavy atom. The number of nitrogens with one attached hydrogen (secondary N) is 1. The van der Waals surface area contributed by atoms with Crippen molar-refractivity contribution in [3.8, 4) is 11.3 Å². The SMILES string of the molecule is Cc1cccc(-c2cc(NCc3nc4ccccc4n3C)nc(N)n2)c1C. The van der Waals surface area contributed by atoms with E-state index in [9.17, 15) is 0 Å². The first kappa shape index (κ1) is 17.0. The Balaban J connectivity index is 1.63. The van der Waals surface area contributed by atoms with Crippen LogP contribution in [0.15, 0.2) is 48.5 Å². The van der Waals surface area contributed by atoms with E-state index in [-0.39, 0.29) is 5.95 Å². The molecular weight excluding hydrogens is 336 g/mol. The zero-order valence-electron chi connectivity index (χ0n) is 15.7. The Morgan fingerprint density at radius 2 is 1.81 bits per heavy atom. The molecule has 4 rings (SSSR count). The lowest BCUT2D eigenvalue weighted by Crippen LogP contribution is -2.09. The number of nitrogens with zero attached hydrogens (tertiary/aromatic N) is 4. The predicted octanol–water partition coefficient (Wildman–Crippen LogP) is 3.84. The van der Waals surface area contributed by atoms with Gasteiger partial charge >= 0.3 is 0 Å². The summed E-state index contributed by atoms with van der Waals surface area (Å²) in [6.07, 6.45) is 0. The lowest BCUT2D eigenvalue weighted by atomic mass is 10.0.